The molecule has 0 aromatic heterocycles. The summed E-state index contributed by atoms with van der Waals surface area (Å²) in [5.41, 5.74) is 1.99. The predicted octanol–water partition coefficient (Wildman–Crippen LogP) is 2.28. The van der Waals surface area contributed by atoms with E-state index in [0.717, 1.165) is 29.7 Å². The highest BCUT2D eigenvalue weighted by atomic mass is 16.6. The molecule has 132 valence electrons. The molecule has 0 saturated carbocycles. The van der Waals surface area contributed by atoms with Crippen LogP contribution in [0.1, 0.15) is 30.9 Å². The highest BCUT2D eigenvalue weighted by molar-refractivity contribution is 5.79. The summed E-state index contributed by atoms with van der Waals surface area (Å²) in [6, 6.07) is 5.92. The Kier molecular flexibility index (Phi) is 6.46. The summed E-state index contributed by atoms with van der Waals surface area (Å²) in [7, 11) is 1.61. The van der Waals surface area contributed by atoms with Crippen LogP contribution >= 0.6 is 0 Å². The Morgan fingerprint density at radius 3 is 2.62 bits per heavy atom. The van der Waals surface area contributed by atoms with Crippen LogP contribution in [0.15, 0.2) is 18.2 Å². The number of carbonyl (C=O) groups is 2. The molecule has 0 spiro atoms. The molecule has 0 radical (unpaired) electrons. The number of hydrogen-bond donors (Lipinski definition) is 1. The van der Waals surface area contributed by atoms with Crippen LogP contribution in [-0.4, -0.2) is 49.7 Å². The Hall–Kier alpha value is -2.24. The Balaban J connectivity index is 1.84. The number of nitrogens with one attached hydrogen (secondary N) is 1. The van der Waals surface area contributed by atoms with Gasteiger partial charge in [-0.05, 0) is 32.8 Å². The molecule has 0 aliphatic carbocycles. The third-order valence-corrected chi connectivity index (χ3v) is 4.17. The van der Waals surface area contributed by atoms with Gasteiger partial charge in [-0.3, -0.25) is 4.79 Å². The van der Waals surface area contributed by atoms with Crippen LogP contribution in [0.5, 0.6) is 5.75 Å². The number of hydrogen-bond acceptors (Lipinski definition) is 4. The van der Waals surface area contributed by atoms with E-state index in [1.54, 1.807) is 18.9 Å². The second-order valence-corrected chi connectivity index (χ2v) is 6.02. The van der Waals surface area contributed by atoms with Crippen molar-refractivity contribution in [1.82, 2.24) is 10.2 Å². The average molecular weight is 334 g/mol. The summed E-state index contributed by atoms with van der Waals surface area (Å²) < 4.78 is 10.3. The van der Waals surface area contributed by atoms with Gasteiger partial charge in [0, 0.05) is 24.7 Å². The lowest BCUT2D eigenvalue weighted by Gasteiger charge is -2.31. The smallest absolute Gasteiger partial charge is 0.409 e. The van der Waals surface area contributed by atoms with Gasteiger partial charge in [-0.15, -0.1) is 0 Å². The second-order valence-electron chi connectivity index (χ2n) is 6.02. The fraction of sp³-hybridized carbons (Fsp3) is 0.556. The number of amides is 2. The minimum Gasteiger partial charge on any atom is -0.496 e. The predicted molar refractivity (Wildman–Crippen MR) is 91.2 cm³/mol. The van der Waals surface area contributed by atoms with E-state index >= 15 is 0 Å². The van der Waals surface area contributed by atoms with E-state index in [9.17, 15) is 9.59 Å². The minimum atomic E-state index is -0.272. The van der Waals surface area contributed by atoms with Crippen molar-refractivity contribution >= 4 is 12.0 Å². The normalized spacial score (nSPS) is 15.0. The standard InChI is InChI=1S/C18H26N2O4/c1-4-24-18(22)20-9-7-15(8-10-20)19-17(21)12-14-11-13(2)5-6-16(14)23-3/h5-6,11,15H,4,7-10,12H2,1-3H3,(H,19,21). The lowest BCUT2D eigenvalue weighted by atomic mass is 10.0. The molecular formula is C18H26N2O4. The fourth-order valence-corrected chi connectivity index (χ4v) is 2.92. The van der Waals surface area contributed by atoms with Gasteiger partial charge in [-0.1, -0.05) is 17.7 Å². The van der Waals surface area contributed by atoms with Crippen LogP contribution in [0, 0.1) is 6.92 Å². The highest BCUT2D eigenvalue weighted by Gasteiger charge is 2.24. The molecule has 1 fully saturated rings. The monoisotopic (exact) mass is 334 g/mol. The summed E-state index contributed by atoms with van der Waals surface area (Å²) in [4.78, 5) is 25.7. The first kappa shape index (κ1) is 18.1. The molecule has 0 atom stereocenters. The Morgan fingerprint density at radius 1 is 1.29 bits per heavy atom. The first-order chi connectivity index (χ1) is 11.5. The lowest BCUT2D eigenvalue weighted by Crippen LogP contribution is -2.47. The third-order valence-electron chi connectivity index (χ3n) is 4.17. The highest BCUT2D eigenvalue weighted by Crippen LogP contribution is 2.20. The van der Waals surface area contributed by atoms with E-state index < -0.39 is 0 Å². The van der Waals surface area contributed by atoms with Crippen molar-refractivity contribution in [3.05, 3.63) is 29.3 Å². The van der Waals surface area contributed by atoms with Crippen molar-refractivity contribution in [2.45, 2.75) is 39.2 Å². The number of benzene rings is 1. The summed E-state index contributed by atoms with van der Waals surface area (Å²) in [6.45, 7) is 5.39. The Labute approximate surface area is 143 Å². The maximum Gasteiger partial charge on any atom is 0.409 e. The maximum absolute atomic E-state index is 12.3. The van der Waals surface area contributed by atoms with E-state index in [1.807, 2.05) is 25.1 Å². The van der Waals surface area contributed by atoms with Crippen molar-refractivity contribution in [1.29, 1.82) is 0 Å². The molecule has 1 N–H and O–H groups in total. The van der Waals surface area contributed by atoms with Gasteiger partial charge >= 0.3 is 6.09 Å². The number of nitrogens with zero attached hydrogens (tertiary/aromatic N) is 1. The van der Waals surface area contributed by atoms with E-state index in [-0.39, 0.29) is 18.0 Å². The zero-order valence-electron chi connectivity index (χ0n) is 14.6. The van der Waals surface area contributed by atoms with Gasteiger partial charge in [0.25, 0.3) is 0 Å². The van der Waals surface area contributed by atoms with Crippen molar-refractivity contribution in [2.75, 3.05) is 26.8 Å². The molecule has 0 bridgehead atoms. The van der Waals surface area contributed by atoms with Gasteiger partial charge in [0.05, 0.1) is 20.1 Å². The van der Waals surface area contributed by atoms with E-state index in [2.05, 4.69) is 5.32 Å². The topological polar surface area (TPSA) is 67.9 Å². The molecule has 6 nitrogen and oxygen atoms in total. The molecule has 1 aromatic carbocycles. The average Bonchev–Trinajstić information content (AvgIpc) is 2.56. The van der Waals surface area contributed by atoms with Crippen LogP contribution in [-0.2, 0) is 16.0 Å². The quantitative estimate of drug-likeness (QED) is 0.897. The van der Waals surface area contributed by atoms with Gasteiger partial charge in [-0.25, -0.2) is 4.79 Å². The molecule has 0 unspecified atom stereocenters. The molecule has 24 heavy (non-hydrogen) atoms. The Morgan fingerprint density at radius 2 is 2.00 bits per heavy atom. The minimum absolute atomic E-state index is 0.0199. The summed E-state index contributed by atoms with van der Waals surface area (Å²) in [6.07, 6.45) is 1.51. The summed E-state index contributed by atoms with van der Waals surface area (Å²) >= 11 is 0. The molecule has 1 aliphatic heterocycles. The summed E-state index contributed by atoms with van der Waals surface area (Å²) in [5, 5.41) is 3.06. The summed E-state index contributed by atoms with van der Waals surface area (Å²) in [5.74, 6) is 0.710. The van der Waals surface area contributed by atoms with Crippen molar-refractivity contribution in [3.63, 3.8) is 0 Å². The first-order valence-electron chi connectivity index (χ1n) is 8.38. The lowest BCUT2D eigenvalue weighted by molar-refractivity contribution is -0.121. The number of rotatable bonds is 5. The van der Waals surface area contributed by atoms with Crippen molar-refractivity contribution < 1.29 is 19.1 Å². The molecule has 2 rings (SSSR count). The van der Waals surface area contributed by atoms with E-state index in [1.165, 1.54) is 0 Å². The van der Waals surface area contributed by atoms with Crippen LogP contribution < -0.4 is 10.1 Å². The number of likely N-dealkylation sites (tertiary alicyclic amines) is 1. The third kappa shape index (κ3) is 4.88. The van der Waals surface area contributed by atoms with Gasteiger partial charge in [0.15, 0.2) is 0 Å². The SMILES string of the molecule is CCOC(=O)N1CCC(NC(=O)Cc2cc(C)ccc2OC)CC1. The molecule has 1 saturated heterocycles. The molecule has 6 heteroatoms. The first-order valence-corrected chi connectivity index (χ1v) is 8.38. The molecule has 1 heterocycles. The fourth-order valence-electron chi connectivity index (χ4n) is 2.92. The number of aryl methyl sites for hydroxylation is 1. The molecule has 1 aromatic rings. The number of ether oxygens (including phenoxy) is 2. The number of piperidine rings is 1. The number of methoxy groups -OCH3 is 1. The second kappa shape index (κ2) is 8.57. The Bertz CT molecular complexity index is 580. The molecule has 1 aliphatic rings. The zero-order valence-corrected chi connectivity index (χ0v) is 14.6. The van der Waals surface area contributed by atoms with Crippen LogP contribution in [0.3, 0.4) is 0 Å². The van der Waals surface area contributed by atoms with Gasteiger partial charge < -0.3 is 19.7 Å². The maximum atomic E-state index is 12.3. The number of carbonyl (C=O) groups excluding carboxylic acids is 2. The van der Waals surface area contributed by atoms with E-state index in [4.69, 9.17) is 9.47 Å². The largest absolute Gasteiger partial charge is 0.496 e. The van der Waals surface area contributed by atoms with Crippen molar-refractivity contribution in [3.8, 4) is 5.75 Å². The van der Waals surface area contributed by atoms with E-state index in [0.29, 0.717) is 26.1 Å². The molecule has 2 amide bonds. The van der Waals surface area contributed by atoms with Crippen molar-refractivity contribution in [2.24, 2.45) is 0 Å². The van der Waals surface area contributed by atoms with Crippen LogP contribution in [0.25, 0.3) is 0 Å². The molecular weight excluding hydrogens is 308 g/mol. The van der Waals surface area contributed by atoms with Gasteiger partial charge in [-0.2, -0.15) is 0 Å². The van der Waals surface area contributed by atoms with Crippen LogP contribution in [0.2, 0.25) is 0 Å². The van der Waals surface area contributed by atoms with Gasteiger partial charge in [0.2, 0.25) is 5.91 Å². The van der Waals surface area contributed by atoms with Gasteiger partial charge in [0.1, 0.15) is 5.75 Å². The van der Waals surface area contributed by atoms with Crippen LogP contribution in [0.4, 0.5) is 4.79 Å². The zero-order chi connectivity index (χ0) is 17.5.